The predicted octanol–water partition coefficient (Wildman–Crippen LogP) is 4.47. The summed E-state index contributed by atoms with van der Waals surface area (Å²) >= 11 is 1.52. The third kappa shape index (κ3) is 4.05. The third-order valence-corrected chi connectivity index (χ3v) is 4.16. The van der Waals surface area contributed by atoms with Crippen LogP contribution in [0.2, 0.25) is 0 Å². The largest absolute Gasteiger partial charge is 0.497 e. The first-order valence-corrected chi connectivity index (χ1v) is 8.25. The Morgan fingerprint density at radius 1 is 1.16 bits per heavy atom. The molecule has 0 aliphatic carbocycles. The second-order valence-corrected chi connectivity index (χ2v) is 5.92. The first-order chi connectivity index (χ1) is 12.2. The number of benzene rings is 1. The van der Waals surface area contributed by atoms with E-state index in [1.54, 1.807) is 24.3 Å². The number of furan rings is 1. The summed E-state index contributed by atoms with van der Waals surface area (Å²) < 4.78 is 15.5. The van der Waals surface area contributed by atoms with E-state index in [0.29, 0.717) is 5.75 Å². The van der Waals surface area contributed by atoms with E-state index >= 15 is 0 Å². The van der Waals surface area contributed by atoms with Crippen molar-refractivity contribution in [2.24, 2.45) is 0 Å². The van der Waals surface area contributed by atoms with Gasteiger partial charge in [-0.1, -0.05) is 6.07 Å². The molecule has 0 saturated heterocycles. The summed E-state index contributed by atoms with van der Waals surface area (Å²) in [6, 6.07) is 11.6. The molecule has 0 atom stereocenters. The number of carbonyl (C=O) groups is 2. The molecular formula is C19H14O5S. The number of thiophene rings is 1. The SMILES string of the molecule is COc1ccc(C(=O)/C=C/c2cccs2)c(OC(=O)c2ccco2)c1. The highest BCUT2D eigenvalue weighted by Crippen LogP contribution is 2.27. The zero-order valence-corrected chi connectivity index (χ0v) is 14.1. The van der Waals surface area contributed by atoms with Crippen molar-refractivity contribution in [3.63, 3.8) is 0 Å². The summed E-state index contributed by atoms with van der Waals surface area (Å²) in [6.45, 7) is 0. The fourth-order valence-electron chi connectivity index (χ4n) is 2.10. The summed E-state index contributed by atoms with van der Waals surface area (Å²) in [5.74, 6) is -0.328. The van der Waals surface area contributed by atoms with Gasteiger partial charge in [-0.25, -0.2) is 4.79 Å². The van der Waals surface area contributed by atoms with E-state index < -0.39 is 5.97 Å². The van der Waals surface area contributed by atoms with E-state index in [9.17, 15) is 9.59 Å². The molecule has 2 heterocycles. The van der Waals surface area contributed by atoms with Gasteiger partial charge in [0.1, 0.15) is 11.5 Å². The van der Waals surface area contributed by atoms with Crippen molar-refractivity contribution in [1.82, 2.24) is 0 Å². The summed E-state index contributed by atoms with van der Waals surface area (Å²) in [4.78, 5) is 25.6. The Morgan fingerprint density at radius 2 is 2.04 bits per heavy atom. The molecule has 25 heavy (non-hydrogen) atoms. The van der Waals surface area contributed by atoms with E-state index in [4.69, 9.17) is 13.9 Å². The highest BCUT2D eigenvalue weighted by Gasteiger charge is 2.17. The standard InChI is InChI=1S/C19H14O5S/c1-22-13-6-8-15(16(20)9-7-14-4-3-11-25-14)18(12-13)24-19(21)17-5-2-10-23-17/h2-12H,1H3/b9-7+. The Bertz CT molecular complexity index is 892. The van der Waals surface area contributed by atoms with Gasteiger partial charge in [0.25, 0.3) is 0 Å². The number of carbonyl (C=O) groups excluding carboxylic acids is 2. The summed E-state index contributed by atoms with van der Waals surface area (Å²) in [6.07, 6.45) is 4.53. The van der Waals surface area contributed by atoms with Crippen molar-refractivity contribution in [3.8, 4) is 11.5 Å². The maximum absolute atomic E-state index is 12.5. The second kappa shape index (κ2) is 7.63. The van der Waals surface area contributed by atoms with Gasteiger partial charge in [-0.05, 0) is 47.9 Å². The van der Waals surface area contributed by atoms with E-state index in [1.807, 2.05) is 17.5 Å². The molecule has 0 unspecified atom stereocenters. The normalized spacial score (nSPS) is 10.8. The lowest BCUT2D eigenvalue weighted by Crippen LogP contribution is -2.10. The molecule has 6 heteroatoms. The molecule has 3 aromatic rings. The Labute approximate surface area is 148 Å². The van der Waals surface area contributed by atoms with Crippen molar-refractivity contribution in [1.29, 1.82) is 0 Å². The molecule has 0 fully saturated rings. The molecule has 0 amide bonds. The molecule has 0 aliphatic heterocycles. The van der Waals surface area contributed by atoms with Crippen LogP contribution in [-0.2, 0) is 0 Å². The second-order valence-electron chi connectivity index (χ2n) is 4.94. The van der Waals surface area contributed by atoms with Crippen molar-refractivity contribution < 1.29 is 23.5 Å². The quantitative estimate of drug-likeness (QED) is 0.283. The number of methoxy groups -OCH3 is 1. The molecule has 0 radical (unpaired) electrons. The molecule has 3 rings (SSSR count). The predicted molar refractivity (Wildman–Crippen MR) is 94.3 cm³/mol. The number of esters is 1. The topological polar surface area (TPSA) is 65.7 Å². The van der Waals surface area contributed by atoms with Crippen LogP contribution in [-0.4, -0.2) is 18.9 Å². The lowest BCUT2D eigenvalue weighted by molar-refractivity contribution is 0.0699. The summed E-state index contributed by atoms with van der Waals surface area (Å²) in [7, 11) is 1.49. The fraction of sp³-hybridized carbons (Fsp3) is 0.0526. The van der Waals surface area contributed by atoms with E-state index in [2.05, 4.69) is 0 Å². The van der Waals surface area contributed by atoms with Crippen molar-refractivity contribution in [3.05, 3.63) is 76.4 Å². The Kier molecular flexibility index (Phi) is 5.11. The van der Waals surface area contributed by atoms with E-state index in [-0.39, 0.29) is 22.9 Å². The zero-order valence-electron chi connectivity index (χ0n) is 13.3. The van der Waals surface area contributed by atoms with Gasteiger partial charge in [-0.2, -0.15) is 0 Å². The van der Waals surface area contributed by atoms with Gasteiger partial charge in [-0.3, -0.25) is 4.79 Å². The average Bonchev–Trinajstić information content (AvgIpc) is 3.33. The maximum Gasteiger partial charge on any atom is 0.379 e. The first-order valence-electron chi connectivity index (χ1n) is 7.37. The highest BCUT2D eigenvalue weighted by molar-refractivity contribution is 7.10. The number of ketones is 1. The molecule has 0 bridgehead atoms. The van der Waals surface area contributed by atoms with E-state index in [0.717, 1.165) is 4.88 Å². The van der Waals surface area contributed by atoms with Gasteiger partial charge in [0.15, 0.2) is 5.78 Å². The molecular weight excluding hydrogens is 340 g/mol. The van der Waals surface area contributed by atoms with Crippen molar-refractivity contribution in [2.75, 3.05) is 7.11 Å². The molecule has 0 N–H and O–H groups in total. The van der Waals surface area contributed by atoms with Gasteiger partial charge in [0, 0.05) is 10.9 Å². The minimum absolute atomic E-state index is 0.0512. The van der Waals surface area contributed by atoms with Crippen LogP contribution in [0.25, 0.3) is 6.08 Å². The van der Waals surface area contributed by atoms with Crippen molar-refractivity contribution >= 4 is 29.2 Å². The van der Waals surface area contributed by atoms with Gasteiger partial charge < -0.3 is 13.9 Å². The van der Waals surface area contributed by atoms with Crippen LogP contribution in [0.4, 0.5) is 0 Å². The minimum Gasteiger partial charge on any atom is -0.497 e. The molecule has 0 spiro atoms. The Balaban J connectivity index is 1.87. The first kappa shape index (κ1) is 16.7. The molecule has 0 saturated carbocycles. The fourth-order valence-corrected chi connectivity index (χ4v) is 2.71. The number of allylic oxidation sites excluding steroid dienone is 1. The number of ether oxygens (including phenoxy) is 2. The van der Waals surface area contributed by atoms with Crippen LogP contribution < -0.4 is 9.47 Å². The van der Waals surface area contributed by atoms with Gasteiger partial charge in [0.2, 0.25) is 5.76 Å². The zero-order chi connectivity index (χ0) is 17.6. The van der Waals surface area contributed by atoms with E-state index in [1.165, 1.54) is 42.9 Å². The summed E-state index contributed by atoms with van der Waals surface area (Å²) in [5.41, 5.74) is 0.258. The number of hydrogen-bond donors (Lipinski definition) is 0. The Hall–Kier alpha value is -3.12. The smallest absolute Gasteiger partial charge is 0.379 e. The van der Waals surface area contributed by atoms with Crippen LogP contribution in [0, 0.1) is 0 Å². The molecule has 1 aromatic carbocycles. The third-order valence-electron chi connectivity index (χ3n) is 3.32. The average molecular weight is 354 g/mol. The van der Waals surface area contributed by atoms with Crippen LogP contribution in [0.3, 0.4) is 0 Å². The molecule has 5 nitrogen and oxygen atoms in total. The van der Waals surface area contributed by atoms with Crippen LogP contribution in [0.15, 0.2) is 64.6 Å². The van der Waals surface area contributed by atoms with Crippen LogP contribution in [0.1, 0.15) is 25.8 Å². The minimum atomic E-state index is -0.686. The Morgan fingerprint density at radius 3 is 2.72 bits per heavy atom. The lowest BCUT2D eigenvalue weighted by Gasteiger charge is -2.09. The van der Waals surface area contributed by atoms with Gasteiger partial charge in [-0.15, -0.1) is 11.3 Å². The van der Waals surface area contributed by atoms with Gasteiger partial charge >= 0.3 is 5.97 Å². The lowest BCUT2D eigenvalue weighted by atomic mass is 10.1. The maximum atomic E-state index is 12.5. The monoisotopic (exact) mass is 354 g/mol. The highest BCUT2D eigenvalue weighted by atomic mass is 32.1. The molecule has 0 aliphatic rings. The van der Waals surface area contributed by atoms with Crippen LogP contribution >= 0.6 is 11.3 Å². The van der Waals surface area contributed by atoms with Crippen LogP contribution in [0.5, 0.6) is 11.5 Å². The molecule has 2 aromatic heterocycles. The number of rotatable bonds is 6. The van der Waals surface area contributed by atoms with Crippen molar-refractivity contribution in [2.45, 2.75) is 0 Å². The number of hydrogen-bond acceptors (Lipinski definition) is 6. The van der Waals surface area contributed by atoms with Gasteiger partial charge in [0.05, 0.1) is 18.9 Å². The molecule has 126 valence electrons. The summed E-state index contributed by atoms with van der Waals surface area (Å²) in [5, 5.41) is 1.92.